The zero-order chi connectivity index (χ0) is 14.6. The molecule has 0 radical (unpaired) electrons. The van der Waals surface area contributed by atoms with Crippen LogP contribution in [0.3, 0.4) is 0 Å². The van der Waals surface area contributed by atoms with Crippen molar-refractivity contribution in [3.8, 4) is 0 Å². The molecule has 0 bridgehead atoms. The first-order chi connectivity index (χ1) is 9.49. The van der Waals surface area contributed by atoms with Crippen LogP contribution in [-0.4, -0.2) is 44.2 Å². The lowest BCUT2D eigenvalue weighted by atomic mass is 9.89. The van der Waals surface area contributed by atoms with E-state index in [-0.39, 0.29) is 0 Å². The van der Waals surface area contributed by atoms with E-state index in [1.807, 2.05) is 0 Å². The molecule has 0 aromatic heterocycles. The molecule has 1 saturated heterocycles. The van der Waals surface area contributed by atoms with E-state index in [1.54, 1.807) is 4.31 Å². The Morgan fingerprint density at radius 2 is 1.90 bits per heavy atom. The molecular formula is C15H30N2O2S. The van der Waals surface area contributed by atoms with E-state index >= 15 is 0 Å². The Bertz CT molecular complexity index is 391. The van der Waals surface area contributed by atoms with Gasteiger partial charge in [0.05, 0.1) is 5.75 Å². The van der Waals surface area contributed by atoms with Gasteiger partial charge in [-0.05, 0) is 56.9 Å². The smallest absolute Gasteiger partial charge is 0.214 e. The SMILES string of the molecule is CC(C)C1CCCN(S(=O)(=O)CCCNC2CC2)CC1. The second-order valence-electron chi connectivity index (χ2n) is 6.73. The van der Waals surface area contributed by atoms with Gasteiger partial charge in [-0.1, -0.05) is 13.8 Å². The average Bonchev–Trinajstić information content (AvgIpc) is 3.20. The van der Waals surface area contributed by atoms with Gasteiger partial charge in [0, 0.05) is 19.1 Å². The molecule has 0 aromatic carbocycles. The van der Waals surface area contributed by atoms with E-state index in [0.29, 0.717) is 23.6 Å². The van der Waals surface area contributed by atoms with Gasteiger partial charge in [-0.25, -0.2) is 12.7 Å². The van der Waals surface area contributed by atoms with Crippen LogP contribution in [-0.2, 0) is 10.0 Å². The third kappa shape index (κ3) is 5.01. The molecule has 1 heterocycles. The van der Waals surface area contributed by atoms with Gasteiger partial charge in [0.15, 0.2) is 0 Å². The Hall–Kier alpha value is -0.130. The molecule has 1 atom stereocenters. The number of hydrogen-bond acceptors (Lipinski definition) is 3. The van der Waals surface area contributed by atoms with Crippen LogP contribution in [0.1, 0.15) is 52.4 Å². The van der Waals surface area contributed by atoms with E-state index < -0.39 is 10.0 Å². The monoisotopic (exact) mass is 302 g/mol. The molecule has 1 unspecified atom stereocenters. The molecule has 0 amide bonds. The van der Waals surface area contributed by atoms with E-state index in [4.69, 9.17) is 0 Å². The lowest BCUT2D eigenvalue weighted by Gasteiger charge is -2.21. The zero-order valence-corrected chi connectivity index (χ0v) is 13.8. The summed E-state index contributed by atoms with van der Waals surface area (Å²) in [7, 11) is -3.04. The third-order valence-electron chi connectivity index (χ3n) is 4.66. The van der Waals surface area contributed by atoms with Gasteiger partial charge in [0.2, 0.25) is 10.0 Å². The fraction of sp³-hybridized carbons (Fsp3) is 1.00. The Morgan fingerprint density at radius 1 is 1.15 bits per heavy atom. The van der Waals surface area contributed by atoms with Crippen molar-refractivity contribution in [3.05, 3.63) is 0 Å². The second-order valence-corrected chi connectivity index (χ2v) is 8.82. The average molecular weight is 302 g/mol. The summed E-state index contributed by atoms with van der Waals surface area (Å²) in [6, 6.07) is 0.669. The number of nitrogens with one attached hydrogen (secondary N) is 1. The summed E-state index contributed by atoms with van der Waals surface area (Å²) in [5.41, 5.74) is 0. The van der Waals surface area contributed by atoms with Crippen LogP contribution in [0.15, 0.2) is 0 Å². The van der Waals surface area contributed by atoms with Crippen molar-refractivity contribution in [2.45, 2.75) is 58.4 Å². The number of nitrogens with zero attached hydrogens (tertiary/aromatic N) is 1. The standard InChI is InChI=1S/C15H30N2O2S/c1-13(2)14-5-3-10-17(11-8-14)20(18,19)12-4-9-16-15-6-7-15/h13-16H,3-12H2,1-2H3. The normalized spacial score (nSPS) is 25.9. The first kappa shape index (κ1) is 16.2. The maximum atomic E-state index is 12.4. The van der Waals surface area contributed by atoms with Crippen molar-refractivity contribution in [2.75, 3.05) is 25.4 Å². The molecule has 5 heteroatoms. The number of hydrogen-bond donors (Lipinski definition) is 1. The molecule has 1 aliphatic carbocycles. The van der Waals surface area contributed by atoms with Gasteiger partial charge >= 0.3 is 0 Å². The van der Waals surface area contributed by atoms with E-state index in [1.165, 1.54) is 19.3 Å². The van der Waals surface area contributed by atoms with Crippen molar-refractivity contribution >= 4 is 10.0 Å². The highest BCUT2D eigenvalue weighted by atomic mass is 32.2. The van der Waals surface area contributed by atoms with Crippen LogP contribution < -0.4 is 5.32 Å². The maximum absolute atomic E-state index is 12.4. The lowest BCUT2D eigenvalue weighted by Crippen LogP contribution is -2.35. The summed E-state index contributed by atoms with van der Waals surface area (Å²) in [6.07, 6.45) is 6.47. The molecular weight excluding hydrogens is 272 g/mol. The lowest BCUT2D eigenvalue weighted by molar-refractivity contribution is 0.340. The highest BCUT2D eigenvalue weighted by Crippen LogP contribution is 2.25. The van der Waals surface area contributed by atoms with Crippen molar-refractivity contribution in [2.24, 2.45) is 11.8 Å². The van der Waals surface area contributed by atoms with Gasteiger partial charge < -0.3 is 5.32 Å². The topological polar surface area (TPSA) is 49.4 Å². The van der Waals surface area contributed by atoms with Crippen molar-refractivity contribution in [1.82, 2.24) is 9.62 Å². The summed E-state index contributed by atoms with van der Waals surface area (Å²) < 4.78 is 26.5. The predicted octanol–water partition coefficient (Wildman–Crippen LogP) is 2.22. The minimum atomic E-state index is -3.04. The number of sulfonamides is 1. The second kappa shape index (κ2) is 7.23. The van der Waals surface area contributed by atoms with Crippen LogP contribution in [0.2, 0.25) is 0 Å². The van der Waals surface area contributed by atoms with E-state index in [0.717, 1.165) is 38.9 Å². The molecule has 0 aromatic rings. The fourth-order valence-electron chi connectivity index (χ4n) is 3.02. The summed E-state index contributed by atoms with van der Waals surface area (Å²) in [6.45, 7) is 6.78. The quantitative estimate of drug-likeness (QED) is 0.734. The fourth-order valence-corrected chi connectivity index (χ4v) is 4.58. The van der Waals surface area contributed by atoms with E-state index in [2.05, 4.69) is 19.2 Å². The van der Waals surface area contributed by atoms with Gasteiger partial charge in [0.1, 0.15) is 0 Å². The van der Waals surface area contributed by atoms with Crippen LogP contribution in [0, 0.1) is 11.8 Å². The summed E-state index contributed by atoms with van der Waals surface area (Å²) in [5, 5.41) is 3.38. The summed E-state index contributed by atoms with van der Waals surface area (Å²) >= 11 is 0. The van der Waals surface area contributed by atoms with Crippen LogP contribution in [0.25, 0.3) is 0 Å². The van der Waals surface area contributed by atoms with Gasteiger partial charge in [0.25, 0.3) is 0 Å². The van der Waals surface area contributed by atoms with Gasteiger partial charge in [-0.15, -0.1) is 0 Å². The number of rotatable bonds is 7. The van der Waals surface area contributed by atoms with Crippen molar-refractivity contribution in [1.29, 1.82) is 0 Å². The van der Waals surface area contributed by atoms with E-state index in [9.17, 15) is 8.42 Å². The highest BCUT2D eigenvalue weighted by Gasteiger charge is 2.27. The maximum Gasteiger partial charge on any atom is 0.214 e. The molecule has 1 saturated carbocycles. The Morgan fingerprint density at radius 3 is 2.55 bits per heavy atom. The summed E-state index contributed by atoms with van der Waals surface area (Å²) in [5.74, 6) is 1.66. The molecule has 118 valence electrons. The van der Waals surface area contributed by atoms with Crippen LogP contribution in [0.4, 0.5) is 0 Å². The molecule has 1 aliphatic heterocycles. The largest absolute Gasteiger partial charge is 0.314 e. The molecule has 2 fully saturated rings. The predicted molar refractivity (Wildman–Crippen MR) is 83.2 cm³/mol. The van der Waals surface area contributed by atoms with Crippen molar-refractivity contribution < 1.29 is 8.42 Å². The van der Waals surface area contributed by atoms with Crippen LogP contribution in [0.5, 0.6) is 0 Å². The van der Waals surface area contributed by atoms with Crippen LogP contribution >= 0.6 is 0 Å². The van der Waals surface area contributed by atoms with Gasteiger partial charge in [-0.2, -0.15) is 0 Å². The Labute approximate surface area is 124 Å². The third-order valence-corrected chi connectivity index (χ3v) is 6.61. The zero-order valence-electron chi connectivity index (χ0n) is 13.0. The molecule has 2 aliphatic rings. The Balaban J connectivity index is 1.75. The molecule has 0 spiro atoms. The highest BCUT2D eigenvalue weighted by molar-refractivity contribution is 7.89. The van der Waals surface area contributed by atoms with Gasteiger partial charge in [-0.3, -0.25) is 0 Å². The molecule has 4 nitrogen and oxygen atoms in total. The minimum absolute atomic E-state index is 0.305. The molecule has 2 rings (SSSR count). The first-order valence-electron chi connectivity index (χ1n) is 8.20. The Kier molecular flexibility index (Phi) is 5.87. The molecule has 20 heavy (non-hydrogen) atoms. The summed E-state index contributed by atoms with van der Waals surface area (Å²) in [4.78, 5) is 0. The minimum Gasteiger partial charge on any atom is -0.314 e. The van der Waals surface area contributed by atoms with Crippen molar-refractivity contribution in [3.63, 3.8) is 0 Å². The molecule has 1 N–H and O–H groups in total. The first-order valence-corrected chi connectivity index (χ1v) is 9.81.